The van der Waals surface area contributed by atoms with Crippen LogP contribution in [0.15, 0.2) is 18.2 Å². The van der Waals surface area contributed by atoms with Crippen LogP contribution in [0.5, 0.6) is 0 Å². The number of nitrogens with one attached hydrogen (secondary N) is 1. The first-order chi connectivity index (χ1) is 8.81. The second kappa shape index (κ2) is 6.57. The average molecular weight is 264 g/mol. The molecular weight excluding hydrogens is 240 g/mol. The zero-order chi connectivity index (χ0) is 14.6. The summed E-state index contributed by atoms with van der Waals surface area (Å²) in [5.41, 5.74) is 8.06. The predicted octanol–water partition coefficient (Wildman–Crippen LogP) is 2.97. The van der Waals surface area contributed by atoms with E-state index in [-0.39, 0.29) is 12.0 Å². The molecule has 0 aliphatic carbocycles. The molecule has 4 nitrogen and oxygen atoms in total. The number of carbonyl (C=O) groups is 1. The fourth-order valence-corrected chi connectivity index (χ4v) is 1.55. The Morgan fingerprint density at radius 3 is 2.47 bits per heavy atom. The summed E-state index contributed by atoms with van der Waals surface area (Å²) in [6, 6.07) is 5.45. The summed E-state index contributed by atoms with van der Waals surface area (Å²) >= 11 is 0. The molecule has 0 aliphatic rings. The second-order valence-corrected chi connectivity index (χ2v) is 5.29. The van der Waals surface area contributed by atoms with E-state index in [1.165, 1.54) is 0 Å². The molecule has 2 atom stereocenters. The van der Waals surface area contributed by atoms with Gasteiger partial charge < -0.3 is 15.8 Å². The lowest BCUT2D eigenvalue weighted by Crippen LogP contribution is -2.32. The van der Waals surface area contributed by atoms with Crippen molar-refractivity contribution in [1.82, 2.24) is 0 Å². The van der Waals surface area contributed by atoms with Gasteiger partial charge in [-0.15, -0.1) is 0 Å². The van der Waals surface area contributed by atoms with Crippen molar-refractivity contribution in [3.8, 4) is 0 Å². The van der Waals surface area contributed by atoms with Gasteiger partial charge >= 0.3 is 0 Å². The third kappa shape index (κ3) is 4.56. The molecule has 0 spiro atoms. The smallest absolute Gasteiger partial charge is 0.253 e. The third-order valence-corrected chi connectivity index (χ3v) is 3.25. The van der Waals surface area contributed by atoms with Gasteiger partial charge in [0.2, 0.25) is 0 Å². The van der Waals surface area contributed by atoms with Gasteiger partial charge in [0.1, 0.15) is 6.10 Å². The minimum Gasteiger partial charge on any atom is -0.399 e. The Morgan fingerprint density at radius 1 is 1.26 bits per heavy atom. The molecule has 1 rings (SSSR count). The highest BCUT2D eigenvalue weighted by Crippen LogP contribution is 2.19. The first-order valence-corrected chi connectivity index (χ1v) is 6.63. The third-order valence-electron chi connectivity index (χ3n) is 3.25. The van der Waals surface area contributed by atoms with Crippen LogP contribution in [0.3, 0.4) is 0 Å². The molecule has 0 aliphatic heterocycles. The van der Waals surface area contributed by atoms with E-state index >= 15 is 0 Å². The Hall–Kier alpha value is -1.55. The van der Waals surface area contributed by atoms with Crippen LogP contribution in [0.1, 0.15) is 33.3 Å². The van der Waals surface area contributed by atoms with Crippen molar-refractivity contribution in [3.63, 3.8) is 0 Å². The number of amides is 1. The number of ether oxygens (including phenoxy) is 1. The molecule has 0 radical (unpaired) electrons. The zero-order valence-electron chi connectivity index (χ0n) is 12.4. The summed E-state index contributed by atoms with van der Waals surface area (Å²) in [6.45, 7) is 9.79. The van der Waals surface area contributed by atoms with Gasteiger partial charge in [0.05, 0.1) is 6.10 Å². The van der Waals surface area contributed by atoms with Crippen LogP contribution >= 0.6 is 0 Å². The Bertz CT molecular complexity index is 444. The molecule has 1 amide bonds. The fraction of sp³-hybridized carbons (Fsp3) is 0.533. The van der Waals surface area contributed by atoms with E-state index in [9.17, 15) is 4.79 Å². The van der Waals surface area contributed by atoms with Crippen molar-refractivity contribution < 1.29 is 9.53 Å². The fourth-order valence-electron chi connectivity index (χ4n) is 1.55. The normalized spacial score (nSPS) is 14.2. The summed E-state index contributed by atoms with van der Waals surface area (Å²) in [5, 5.41) is 2.85. The quantitative estimate of drug-likeness (QED) is 0.804. The molecule has 1 aromatic rings. The van der Waals surface area contributed by atoms with Gasteiger partial charge in [-0.1, -0.05) is 19.9 Å². The van der Waals surface area contributed by atoms with Crippen molar-refractivity contribution in [2.45, 2.75) is 46.8 Å². The van der Waals surface area contributed by atoms with Gasteiger partial charge in [-0.2, -0.15) is 0 Å². The van der Waals surface area contributed by atoms with Crippen LogP contribution in [-0.4, -0.2) is 18.1 Å². The molecule has 19 heavy (non-hydrogen) atoms. The van der Waals surface area contributed by atoms with Crippen molar-refractivity contribution in [2.75, 3.05) is 11.1 Å². The predicted molar refractivity (Wildman–Crippen MR) is 79.1 cm³/mol. The van der Waals surface area contributed by atoms with E-state index in [1.807, 2.05) is 26.0 Å². The van der Waals surface area contributed by atoms with E-state index in [0.29, 0.717) is 11.6 Å². The number of nitrogens with two attached hydrogens (primary N) is 1. The molecule has 0 saturated carbocycles. The highest BCUT2D eigenvalue weighted by molar-refractivity contribution is 5.95. The Kier molecular flexibility index (Phi) is 5.36. The number of aryl methyl sites for hydroxylation is 1. The molecule has 0 bridgehead atoms. The molecular formula is C15H24N2O2. The second-order valence-electron chi connectivity index (χ2n) is 5.29. The molecule has 0 heterocycles. The molecule has 0 aromatic heterocycles. The molecule has 0 saturated heterocycles. The summed E-state index contributed by atoms with van der Waals surface area (Å²) in [5.74, 6) is 0.227. The number of nitrogen functional groups attached to an aromatic ring is 1. The average Bonchev–Trinajstić information content (AvgIpc) is 2.33. The standard InChI is InChI=1S/C15H24N2O2/c1-9(2)11(4)19-12(5)15(18)17-14-8-13(16)7-6-10(14)3/h6-9,11-12H,16H2,1-5H3,(H,17,18). The maximum absolute atomic E-state index is 12.1. The van der Waals surface area contributed by atoms with Gasteiger partial charge in [-0.3, -0.25) is 4.79 Å². The van der Waals surface area contributed by atoms with Crippen molar-refractivity contribution in [1.29, 1.82) is 0 Å². The Morgan fingerprint density at radius 2 is 1.89 bits per heavy atom. The number of benzene rings is 1. The number of rotatable bonds is 5. The number of hydrogen-bond acceptors (Lipinski definition) is 3. The lowest BCUT2D eigenvalue weighted by Gasteiger charge is -2.21. The van der Waals surface area contributed by atoms with Gasteiger partial charge in [0, 0.05) is 11.4 Å². The molecule has 1 aromatic carbocycles. The van der Waals surface area contributed by atoms with Gasteiger partial charge in [0.15, 0.2) is 0 Å². The van der Waals surface area contributed by atoms with E-state index in [1.54, 1.807) is 13.0 Å². The molecule has 2 unspecified atom stereocenters. The SMILES string of the molecule is Cc1ccc(N)cc1NC(=O)C(C)OC(C)C(C)C. The number of hydrogen-bond donors (Lipinski definition) is 2. The van der Waals surface area contributed by atoms with E-state index in [2.05, 4.69) is 19.2 Å². The van der Waals surface area contributed by atoms with Gasteiger partial charge in [0.25, 0.3) is 5.91 Å². The van der Waals surface area contributed by atoms with Crippen LogP contribution in [0.2, 0.25) is 0 Å². The maximum Gasteiger partial charge on any atom is 0.253 e. The van der Waals surface area contributed by atoms with E-state index < -0.39 is 6.10 Å². The summed E-state index contributed by atoms with van der Waals surface area (Å²) in [7, 11) is 0. The Balaban J connectivity index is 2.66. The minimum absolute atomic E-state index is 0.0442. The largest absolute Gasteiger partial charge is 0.399 e. The van der Waals surface area contributed by atoms with Crippen molar-refractivity contribution >= 4 is 17.3 Å². The lowest BCUT2D eigenvalue weighted by atomic mass is 10.1. The summed E-state index contributed by atoms with van der Waals surface area (Å²) in [6.07, 6.45) is -0.444. The first kappa shape index (κ1) is 15.5. The summed E-state index contributed by atoms with van der Waals surface area (Å²) < 4.78 is 5.67. The van der Waals surface area contributed by atoms with Gasteiger partial charge in [-0.25, -0.2) is 0 Å². The number of carbonyl (C=O) groups excluding carboxylic acids is 1. The minimum atomic E-state index is -0.488. The van der Waals surface area contributed by atoms with Crippen LogP contribution in [0.25, 0.3) is 0 Å². The topological polar surface area (TPSA) is 64.3 Å². The highest BCUT2D eigenvalue weighted by atomic mass is 16.5. The highest BCUT2D eigenvalue weighted by Gasteiger charge is 2.19. The molecule has 106 valence electrons. The van der Waals surface area contributed by atoms with Crippen LogP contribution in [0.4, 0.5) is 11.4 Å². The molecule has 3 N–H and O–H groups in total. The van der Waals surface area contributed by atoms with E-state index in [4.69, 9.17) is 10.5 Å². The van der Waals surface area contributed by atoms with Gasteiger partial charge in [-0.05, 0) is 44.4 Å². The van der Waals surface area contributed by atoms with Crippen molar-refractivity contribution in [2.24, 2.45) is 5.92 Å². The molecule has 0 fully saturated rings. The monoisotopic (exact) mass is 264 g/mol. The van der Waals surface area contributed by atoms with E-state index in [0.717, 1.165) is 11.3 Å². The maximum atomic E-state index is 12.1. The lowest BCUT2D eigenvalue weighted by molar-refractivity contribution is -0.130. The number of anilines is 2. The summed E-state index contributed by atoms with van der Waals surface area (Å²) in [4.78, 5) is 12.1. The molecule has 4 heteroatoms. The van der Waals surface area contributed by atoms with Crippen LogP contribution in [-0.2, 0) is 9.53 Å². The van der Waals surface area contributed by atoms with Crippen molar-refractivity contribution in [3.05, 3.63) is 23.8 Å². The zero-order valence-corrected chi connectivity index (χ0v) is 12.4. The van der Waals surface area contributed by atoms with Crippen LogP contribution < -0.4 is 11.1 Å². The van der Waals surface area contributed by atoms with Crippen LogP contribution in [0, 0.1) is 12.8 Å². The first-order valence-electron chi connectivity index (χ1n) is 6.63. The Labute approximate surface area is 115 Å².